The van der Waals surface area contributed by atoms with E-state index in [0.717, 1.165) is 4.88 Å². The van der Waals surface area contributed by atoms with Gasteiger partial charge in [0, 0.05) is 5.02 Å². The summed E-state index contributed by atoms with van der Waals surface area (Å²) in [5.74, 6) is 0.637. The molecule has 3 aromatic rings. The Bertz CT molecular complexity index is 756. The minimum Gasteiger partial charge on any atom is -0.484 e. The van der Waals surface area contributed by atoms with Gasteiger partial charge in [0.15, 0.2) is 6.61 Å². The van der Waals surface area contributed by atoms with Gasteiger partial charge in [-0.15, -0.1) is 11.3 Å². The summed E-state index contributed by atoms with van der Waals surface area (Å²) in [6.07, 6.45) is 0. The number of aromatic nitrogens is 2. The van der Waals surface area contributed by atoms with Gasteiger partial charge in [0.25, 0.3) is 17.7 Å². The van der Waals surface area contributed by atoms with Crippen LogP contribution in [0.2, 0.25) is 5.02 Å². The molecule has 0 aliphatic heterocycles. The van der Waals surface area contributed by atoms with E-state index in [9.17, 15) is 4.79 Å². The zero-order valence-corrected chi connectivity index (χ0v) is 12.7. The molecule has 1 N–H and O–H groups in total. The molecule has 0 aliphatic carbocycles. The average Bonchev–Trinajstić information content (AvgIpc) is 3.17. The number of ether oxygens (including phenoxy) is 1. The standard InChI is InChI=1S/C14H10ClN3O3S/c15-9-3-5-10(6-4-9)20-8-12(19)16-14-17-13(21-18-14)11-2-1-7-22-11/h1-7H,8H2,(H,16,18,19). The van der Waals surface area contributed by atoms with Crippen LogP contribution >= 0.6 is 22.9 Å². The van der Waals surface area contributed by atoms with E-state index in [4.69, 9.17) is 20.9 Å². The lowest BCUT2D eigenvalue weighted by atomic mass is 10.3. The number of benzene rings is 1. The predicted octanol–water partition coefficient (Wildman–Crippen LogP) is 3.47. The fraction of sp³-hybridized carbons (Fsp3) is 0.0714. The molecular formula is C14H10ClN3O3S. The van der Waals surface area contributed by atoms with E-state index in [1.165, 1.54) is 11.3 Å². The van der Waals surface area contributed by atoms with E-state index >= 15 is 0 Å². The monoisotopic (exact) mass is 335 g/mol. The summed E-state index contributed by atoms with van der Waals surface area (Å²) in [5, 5.41) is 8.70. The maximum absolute atomic E-state index is 11.8. The molecule has 2 heterocycles. The molecule has 112 valence electrons. The summed E-state index contributed by atoms with van der Waals surface area (Å²) < 4.78 is 10.4. The number of carbonyl (C=O) groups excluding carboxylic acids is 1. The maximum Gasteiger partial charge on any atom is 0.270 e. The molecule has 0 saturated heterocycles. The SMILES string of the molecule is O=C(COc1ccc(Cl)cc1)Nc1noc(-c2cccs2)n1. The molecular weight excluding hydrogens is 326 g/mol. The number of amides is 1. The van der Waals surface area contributed by atoms with Gasteiger partial charge >= 0.3 is 0 Å². The number of anilines is 1. The summed E-state index contributed by atoms with van der Waals surface area (Å²) >= 11 is 7.24. The molecule has 0 bridgehead atoms. The molecule has 1 amide bonds. The van der Waals surface area contributed by atoms with Gasteiger partial charge in [-0.2, -0.15) is 4.98 Å². The average molecular weight is 336 g/mol. The third kappa shape index (κ3) is 3.63. The third-order valence-electron chi connectivity index (χ3n) is 2.59. The molecule has 0 spiro atoms. The van der Waals surface area contributed by atoms with Gasteiger partial charge in [0.2, 0.25) is 0 Å². The topological polar surface area (TPSA) is 77.2 Å². The molecule has 1 aromatic carbocycles. The van der Waals surface area contributed by atoms with Gasteiger partial charge < -0.3 is 9.26 Å². The van der Waals surface area contributed by atoms with E-state index in [1.54, 1.807) is 24.3 Å². The van der Waals surface area contributed by atoms with Crippen LogP contribution in [0, 0.1) is 0 Å². The van der Waals surface area contributed by atoms with Crippen LogP contribution in [-0.2, 0) is 4.79 Å². The number of nitrogens with one attached hydrogen (secondary N) is 1. The predicted molar refractivity (Wildman–Crippen MR) is 83.2 cm³/mol. The first-order chi connectivity index (χ1) is 10.7. The maximum atomic E-state index is 11.8. The van der Waals surface area contributed by atoms with Gasteiger partial charge in [-0.25, -0.2) is 0 Å². The molecule has 22 heavy (non-hydrogen) atoms. The van der Waals surface area contributed by atoms with E-state index in [2.05, 4.69) is 15.5 Å². The van der Waals surface area contributed by atoms with Gasteiger partial charge in [-0.1, -0.05) is 17.7 Å². The Morgan fingerprint density at radius 1 is 1.32 bits per heavy atom. The molecule has 0 aliphatic rings. The van der Waals surface area contributed by atoms with Crippen LogP contribution in [0.1, 0.15) is 0 Å². The Morgan fingerprint density at radius 2 is 2.14 bits per heavy atom. The summed E-state index contributed by atoms with van der Waals surface area (Å²) in [6, 6.07) is 10.5. The zero-order valence-electron chi connectivity index (χ0n) is 11.2. The number of halogens is 1. The lowest BCUT2D eigenvalue weighted by molar-refractivity contribution is -0.118. The molecule has 6 nitrogen and oxygen atoms in total. The van der Waals surface area contributed by atoms with Crippen molar-refractivity contribution in [3.63, 3.8) is 0 Å². The van der Waals surface area contributed by atoms with E-state index < -0.39 is 0 Å². The minimum absolute atomic E-state index is 0.105. The highest BCUT2D eigenvalue weighted by atomic mass is 35.5. The molecule has 3 rings (SSSR count). The first-order valence-corrected chi connectivity index (χ1v) is 7.52. The number of nitrogens with zero attached hydrogens (tertiary/aromatic N) is 2. The van der Waals surface area contributed by atoms with Crippen molar-refractivity contribution in [2.75, 3.05) is 11.9 Å². The first kappa shape index (κ1) is 14.6. The normalized spacial score (nSPS) is 10.4. The van der Waals surface area contributed by atoms with Gasteiger partial charge in [-0.3, -0.25) is 10.1 Å². The van der Waals surface area contributed by atoms with E-state index in [-0.39, 0.29) is 18.5 Å². The van der Waals surface area contributed by atoms with Crippen molar-refractivity contribution in [2.45, 2.75) is 0 Å². The van der Waals surface area contributed by atoms with Crippen LogP contribution in [0.3, 0.4) is 0 Å². The van der Waals surface area contributed by atoms with Gasteiger partial charge in [0.05, 0.1) is 4.88 Å². The summed E-state index contributed by atoms with van der Waals surface area (Å²) in [4.78, 5) is 16.7. The summed E-state index contributed by atoms with van der Waals surface area (Å²) in [6.45, 7) is -0.162. The smallest absolute Gasteiger partial charge is 0.270 e. The molecule has 2 aromatic heterocycles. The van der Waals surface area contributed by atoms with Crippen molar-refractivity contribution in [1.82, 2.24) is 10.1 Å². The summed E-state index contributed by atoms with van der Waals surface area (Å²) in [7, 11) is 0. The third-order valence-corrected chi connectivity index (χ3v) is 3.70. The molecule has 0 atom stereocenters. The number of carbonyl (C=O) groups is 1. The number of hydrogen-bond donors (Lipinski definition) is 1. The Kier molecular flexibility index (Phi) is 4.36. The Balaban J connectivity index is 1.54. The van der Waals surface area contributed by atoms with Crippen molar-refractivity contribution in [3.8, 4) is 16.5 Å². The van der Waals surface area contributed by atoms with Crippen LogP contribution in [0.5, 0.6) is 5.75 Å². The highest BCUT2D eigenvalue weighted by molar-refractivity contribution is 7.13. The fourth-order valence-electron chi connectivity index (χ4n) is 1.62. The van der Waals surface area contributed by atoms with Crippen molar-refractivity contribution >= 4 is 34.8 Å². The van der Waals surface area contributed by atoms with Crippen molar-refractivity contribution in [2.24, 2.45) is 0 Å². The van der Waals surface area contributed by atoms with Crippen molar-refractivity contribution in [1.29, 1.82) is 0 Å². The molecule has 0 radical (unpaired) electrons. The quantitative estimate of drug-likeness (QED) is 0.772. The van der Waals surface area contributed by atoms with Crippen LogP contribution in [0.4, 0.5) is 5.95 Å². The second-order valence-electron chi connectivity index (χ2n) is 4.19. The number of hydrogen-bond acceptors (Lipinski definition) is 6. The second-order valence-corrected chi connectivity index (χ2v) is 5.58. The van der Waals surface area contributed by atoms with Gasteiger partial charge in [-0.05, 0) is 40.9 Å². The molecule has 0 fully saturated rings. The van der Waals surface area contributed by atoms with Gasteiger partial charge in [0.1, 0.15) is 5.75 Å². The molecule has 8 heteroatoms. The van der Waals surface area contributed by atoms with Crippen molar-refractivity contribution in [3.05, 3.63) is 46.8 Å². The zero-order chi connectivity index (χ0) is 15.4. The van der Waals surface area contributed by atoms with E-state index in [0.29, 0.717) is 16.7 Å². The Labute approximate surface area is 134 Å². The van der Waals surface area contributed by atoms with Crippen LogP contribution in [0.15, 0.2) is 46.3 Å². The first-order valence-electron chi connectivity index (χ1n) is 6.26. The fourth-order valence-corrected chi connectivity index (χ4v) is 2.39. The highest BCUT2D eigenvalue weighted by Gasteiger charge is 2.12. The minimum atomic E-state index is -0.381. The van der Waals surface area contributed by atoms with Crippen molar-refractivity contribution < 1.29 is 14.1 Å². The van der Waals surface area contributed by atoms with Crippen LogP contribution in [-0.4, -0.2) is 22.7 Å². The van der Waals surface area contributed by atoms with E-state index in [1.807, 2.05) is 17.5 Å². The number of rotatable bonds is 5. The van der Waals surface area contributed by atoms with Crippen LogP contribution < -0.4 is 10.1 Å². The summed E-state index contributed by atoms with van der Waals surface area (Å²) in [5.41, 5.74) is 0. The highest BCUT2D eigenvalue weighted by Crippen LogP contribution is 2.23. The largest absolute Gasteiger partial charge is 0.484 e. The molecule has 0 unspecified atom stereocenters. The number of thiophene rings is 1. The Hall–Kier alpha value is -2.38. The second kappa shape index (κ2) is 6.59. The van der Waals surface area contributed by atoms with Crippen LogP contribution in [0.25, 0.3) is 10.8 Å². The Morgan fingerprint density at radius 3 is 2.86 bits per heavy atom. The lowest BCUT2D eigenvalue weighted by Gasteiger charge is -2.04. The molecule has 0 saturated carbocycles. The lowest BCUT2D eigenvalue weighted by Crippen LogP contribution is -2.20.